The molecular weight excluding hydrogens is 306 g/mol. The number of rotatable bonds is 4. The lowest BCUT2D eigenvalue weighted by Crippen LogP contribution is -2.45. The molecule has 0 aliphatic carbocycles. The summed E-state index contributed by atoms with van der Waals surface area (Å²) in [6, 6.07) is 1.92. The van der Waals surface area contributed by atoms with E-state index < -0.39 is 0 Å². The van der Waals surface area contributed by atoms with Crippen molar-refractivity contribution in [3.63, 3.8) is 0 Å². The molecule has 128 valence electrons. The molecule has 24 heavy (non-hydrogen) atoms. The fourth-order valence-corrected chi connectivity index (χ4v) is 3.08. The summed E-state index contributed by atoms with van der Waals surface area (Å²) in [7, 11) is 0. The normalized spacial score (nSPS) is 17.8. The third kappa shape index (κ3) is 4.10. The van der Waals surface area contributed by atoms with E-state index in [2.05, 4.69) is 20.4 Å². The SMILES string of the molecule is Cc1nc(C[C@H]2CCCN(C(=O)NCc3ccncc3C)C2)no1. The average Bonchev–Trinajstić information content (AvgIpc) is 2.99. The first-order valence-electron chi connectivity index (χ1n) is 8.33. The van der Waals surface area contributed by atoms with Crippen LogP contribution in [0.3, 0.4) is 0 Å². The van der Waals surface area contributed by atoms with Crippen molar-refractivity contribution in [2.75, 3.05) is 13.1 Å². The fourth-order valence-electron chi connectivity index (χ4n) is 3.08. The molecule has 1 aliphatic heterocycles. The fraction of sp³-hybridized carbons (Fsp3) is 0.529. The number of pyridine rings is 1. The highest BCUT2D eigenvalue weighted by atomic mass is 16.5. The zero-order valence-corrected chi connectivity index (χ0v) is 14.2. The van der Waals surface area contributed by atoms with Gasteiger partial charge in [0, 0.05) is 45.4 Å². The van der Waals surface area contributed by atoms with Crippen molar-refractivity contribution in [1.29, 1.82) is 0 Å². The van der Waals surface area contributed by atoms with Gasteiger partial charge in [0.15, 0.2) is 5.82 Å². The summed E-state index contributed by atoms with van der Waals surface area (Å²) in [5.74, 6) is 1.69. The third-order valence-corrected chi connectivity index (χ3v) is 4.41. The first-order valence-corrected chi connectivity index (χ1v) is 8.33. The molecule has 1 fully saturated rings. The Balaban J connectivity index is 1.52. The average molecular weight is 329 g/mol. The zero-order chi connectivity index (χ0) is 16.9. The summed E-state index contributed by atoms with van der Waals surface area (Å²) in [4.78, 5) is 22.6. The standard InChI is InChI=1S/C17H23N5O2/c1-12-9-18-6-5-15(12)10-19-17(23)22-7-3-4-14(11-22)8-16-20-13(2)24-21-16/h5-6,9,14H,3-4,7-8,10-11H2,1-2H3,(H,19,23)/t14-/m1/s1. The Labute approximate surface area is 141 Å². The molecule has 0 radical (unpaired) electrons. The number of hydrogen-bond acceptors (Lipinski definition) is 5. The number of nitrogens with one attached hydrogen (secondary N) is 1. The molecule has 1 saturated heterocycles. The van der Waals surface area contributed by atoms with Gasteiger partial charge >= 0.3 is 6.03 Å². The molecule has 0 unspecified atom stereocenters. The highest BCUT2D eigenvalue weighted by molar-refractivity contribution is 5.74. The molecule has 1 aliphatic rings. The predicted octanol–water partition coefficient (Wildman–Crippen LogP) is 2.25. The molecule has 1 N–H and O–H groups in total. The minimum atomic E-state index is -0.0137. The number of aryl methyl sites for hydroxylation is 2. The van der Waals surface area contributed by atoms with Crippen LogP contribution >= 0.6 is 0 Å². The summed E-state index contributed by atoms with van der Waals surface area (Å²) in [5.41, 5.74) is 2.18. The number of aromatic nitrogens is 3. The van der Waals surface area contributed by atoms with Gasteiger partial charge in [-0.05, 0) is 42.9 Å². The van der Waals surface area contributed by atoms with Crippen LogP contribution in [0.15, 0.2) is 23.0 Å². The molecule has 0 aromatic carbocycles. The molecule has 1 atom stereocenters. The molecule has 2 amide bonds. The Hall–Kier alpha value is -2.44. The summed E-state index contributed by atoms with van der Waals surface area (Å²) < 4.78 is 5.02. The first-order chi connectivity index (χ1) is 11.6. The van der Waals surface area contributed by atoms with Crippen LogP contribution in [-0.2, 0) is 13.0 Å². The summed E-state index contributed by atoms with van der Waals surface area (Å²) in [5, 5.41) is 6.96. The lowest BCUT2D eigenvalue weighted by Gasteiger charge is -2.32. The van der Waals surface area contributed by atoms with Gasteiger partial charge in [0.05, 0.1) is 0 Å². The van der Waals surface area contributed by atoms with Gasteiger partial charge in [-0.3, -0.25) is 4.98 Å². The number of likely N-dealkylation sites (tertiary alicyclic amines) is 1. The molecule has 2 aromatic heterocycles. The lowest BCUT2D eigenvalue weighted by molar-refractivity contribution is 0.164. The quantitative estimate of drug-likeness (QED) is 0.930. The van der Waals surface area contributed by atoms with Crippen LogP contribution in [-0.4, -0.2) is 39.1 Å². The van der Waals surface area contributed by atoms with Gasteiger partial charge in [0.1, 0.15) is 0 Å². The summed E-state index contributed by atoms with van der Waals surface area (Å²) in [6.45, 7) is 5.84. The zero-order valence-electron chi connectivity index (χ0n) is 14.2. The monoisotopic (exact) mass is 329 g/mol. The number of nitrogens with zero attached hydrogens (tertiary/aromatic N) is 4. The van der Waals surface area contributed by atoms with Gasteiger partial charge in [-0.2, -0.15) is 4.98 Å². The number of urea groups is 1. The van der Waals surface area contributed by atoms with Gasteiger partial charge in [0.2, 0.25) is 5.89 Å². The molecule has 7 nitrogen and oxygen atoms in total. The number of amides is 2. The maximum Gasteiger partial charge on any atom is 0.317 e. The van der Waals surface area contributed by atoms with Crippen molar-refractivity contribution in [3.05, 3.63) is 41.3 Å². The molecule has 0 bridgehead atoms. The number of carbonyl (C=O) groups excluding carboxylic acids is 1. The summed E-state index contributed by atoms with van der Waals surface area (Å²) >= 11 is 0. The van der Waals surface area contributed by atoms with E-state index >= 15 is 0 Å². The largest absolute Gasteiger partial charge is 0.340 e. The molecular formula is C17H23N5O2. The van der Waals surface area contributed by atoms with Gasteiger partial charge in [-0.1, -0.05) is 5.16 Å². The second-order valence-electron chi connectivity index (χ2n) is 6.35. The van der Waals surface area contributed by atoms with E-state index in [0.717, 1.165) is 49.3 Å². The minimum Gasteiger partial charge on any atom is -0.340 e. The van der Waals surface area contributed by atoms with Crippen molar-refractivity contribution in [3.8, 4) is 0 Å². The van der Waals surface area contributed by atoms with Gasteiger partial charge in [0.25, 0.3) is 0 Å². The highest BCUT2D eigenvalue weighted by Crippen LogP contribution is 2.20. The van der Waals surface area contributed by atoms with Gasteiger partial charge < -0.3 is 14.7 Å². The van der Waals surface area contributed by atoms with E-state index in [0.29, 0.717) is 18.4 Å². The number of hydrogen-bond donors (Lipinski definition) is 1. The smallest absolute Gasteiger partial charge is 0.317 e. The maximum atomic E-state index is 12.4. The van der Waals surface area contributed by atoms with Crippen LogP contribution < -0.4 is 5.32 Å². The first kappa shape index (κ1) is 16.4. The van der Waals surface area contributed by atoms with Crippen LogP contribution in [0.2, 0.25) is 0 Å². The van der Waals surface area contributed by atoms with Crippen LogP contribution in [0.4, 0.5) is 4.79 Å². The van der Waals surface area contributed by atoms with E-state index in [1.807, 2.05) is 24.1 Å². The predicted molar refractivity (Wildman–Crippen MR) is 88.2 cm³/mol. The Bertz CT molecular complexity index is 700. The second-order valence-corrected chi connectivity index (χ2v) is 6.35. The van der Waals surface area contributed by atoms with Gasteiger partial charge in [-0.25, -0.2) is 4.79 Å². The Morgan fingerprint density at radius 2 is 2.33 bits per heavy atom. The number of piperidine rings is 1. The Kier molecular flexibility index (Phi) is 5.08. The molecule has 0 spiro atoms. The topological polar surface area (TPSA) is 84.2 Å². The lowest BCUT2D eigenvalue weighted by atomic mass is 9.95. The van der Waals surface area contributed by atoms with Crippen molar-refractivity contribution in [2.24, 2.45) is 5.92 Å². The van der Waals surface area contributed by atoms with Crippen molar-refractivity contribution in [1.82, 2.24) is 25.3 Å². The third-order valence-electron chi connectivity index (χ3n) is 4.41. The second kappa shape index (κ2) is 7.42. The van der Waals surface area contributed by atoms with Crippen molar-refractivity contribution < 1.29 is 9.32 Å². The molecule has 3 rings (SSSR count). The summed E-state index contributed by atoms with van der Waals surface area (Å²) in [6.07, 6.45) is 6.40. The van der Waals surface area contributed by atoms with E-state index in [9.17, 15) is 4.79 Å². The molecule has 3 heterocycles. The van der Waals surface area contributed by atoms with Gasteiger partial charge in [-0.15, -0.1) is 0 Å². The Morgan fingerprint density at radius 1 is 1.46 bits per heavy atom. The van der Waals surface area contributed by atoms with Crippen LogP contribution in [0.1, 0.15) is 35.7 Å². The van der Waals surface area contributed by atoms with E-state index in [-0.39, 0.29) is 6.03 Å². The molecule has 2 aromatic rings. The van der Waals surface area contributed by atoms with Crippen molar-refractivity contribution in [2.45, 2.75) is 39.7 Å². The Morgan fingerprint density at radius 3 is 3.08 bits per heavy atom. The van der Waals surface area contributed by atoms with Crippen LogP contribution in [0, 0.1) is 19.8 Å². The van der Waals surface area contributed by atoms with E-state index in [4.69, 9.17) is 4.52 Å². The minimum absolute atomic E-state index is 0.0137. The number of carbonyl (C=O) groups is 1. The molecule has 7 heteroatoms. The van der Waals surface area contributed by atoms with Crippen LogP contribution in [0.25, 0.3) is 0 Å². The van der Waals surface area contributed by atoms with Crippen molar-refractivity contribution >= 4 is 6.03 Å². The molecule has 0 saturated carbocycles. The van der Waals surface area contributed by atoms with Crippen LogP contribution in [0.5, 0.6) is 0 Å². The maximum absolute atomic E-state index is 12.4. The highest BCUT2D eigenvalue weighted by Gasteiger charge is 2.25. The van der Waals surface area contributed by atoms with E-state index in [1.54, 1.807) is 13.1 Å². The van der Waals surface area contributed by atoms with E-state index in [1.165, 1.54) is 0 Å².